The standard InChI is InChI=1S/C17H19FN4O.C2HF3O2.ClH/c18-14-11-21(6-5-15(14)20)7-8-22-16-9-12(10-19)1-2-13(16)3-4-17(22)23;3-2(4,5)1(6)7;/h1-4,9,14-15H,5-8,11,20H2;(H,6,7);1H/t14-,15+;;/m0../s1. The number of nitrogens with zero attached hydrogens (tertiary/aromatic N) is 3. The van der Waals surface area contributed by atoms with Crippen molar-refractivity contribution < 1.29 is 27.5 Å². The van der Waals surface area contributed by atoms with E-state index in [-0.39, 0.29) is 24.0 Å². The van der Waals surface area contributed by atoms with Crippen molar-refractivity contribution in [3.8, 4) is 6.07 Å². The number of hydrogen-bond donors (Lipinski definition) is 2. The van der Waals surface area contributed by atoms with Crippen LogP contribution in [-0.2, 0) is 11.3 Å². The number of carbonyl (C=O) groups is 1. The van der Waals surface area contributed by atoms with Crippen LogP contribution in [-0.4, -0.2) is 58.6 Å². The number of piperidine rings is 1. The SMILES string of the molecule is Cl.N#Cc1ccc2ccc(=O)n(CCN3CC[C@@H](N)[C@@H](F)C3)c2c1.O=C(O)C(F)(F)F. The summed E-state index contributed by atoms with van der Waals surface area (Å²) in [5, 5.41) is 17.1. The number of fused-ring (bicyclic) bond motifs is 1. The average Bonchev–Trinajstić information content (AvgIpc) is 2.69. The van der Waals surface area contributed by atoms with Gasteiger partial charge in [0.1, 0.15) is 6.17 Å². The molecule has 0 amide bonds. The number of carboxylic acid groups (broad SMARTS) is 1. The van der Waals surface area contributed by atoms with Gasteiger partial charge in [0.05, 0.1) is 17.1 Å². The van der Waals surface area contributed by atoms with Crippen LogP contribution in [0.3, 0.4) is 0 Å². The Morgan fingerprint density at radius 3 is 2.42 bits per heavy atom. The van der Waals surface area contributed by atoms with E-state index >= 15 is 0 Å². The second-order valence-electron chi connectivity index (χ2n) is 6.78. The second kappa shape index (κ2) is 11.1. The lowest BCUT2D eigenvalue weighted by molar-refractivity contribution is -0.192. The second-order valence-corrected chi connectivity index (χ2v) is 6.78. The van der Waals surface area contributed by atoms with E-state index in [9.17, 15) is 22.4 Å². The van der Waals surface area contributed by atoms with Crippen molar-refractivity contribution in [1.82, 2.24) is 9.47 Å². The lowest BCUT2D eigenvalue weighted by atomic mass is 10.0. The van der Waals surface area contributed by atoms with Crippen molar-refractivity contribution in [1.29, 1.82) is 5.26 Å². The van der Waals surface area contributed by atoms with Crippen molar-refractivity contribution in [3.63, 3.8) is 0 Å². The summed E-state index contributed by atoms with van der Waals surface area (Å²) in [6.45, 7) is 2.10. The summed E-state index contributed by atoms with van der Waals surface area (Å²) < 4.78 is 47.1. The quantitative estimate of drug-likeness (QED) is 0.674. The van der Waals surface area contributed by atoms with Gasteiger partial charge in [0.25, 0.3) is 5.56 Å². The Labute approximate surface area is 181 Å². The van der Waals surface area contributed by atoms with Crippen LogP contribution in [0, 0.1) is 11.3 Å². The Bertz CT molecular complexity index is 1010. The molecule has 1 saturated heterocycles. The zero-order valence-electron chi connectivity index (χ0n) is 16.2. The number of hydrogen-bond acceptors (Lipinski definition) is 5. The fraction of sp³-hybridized carbons (Fsp3) is 0.421. The van der Waals surface area contributed by atoms with Gasteiger partial charge in [-0.05, 0) is 36.6 Å². The monoisotopic (exact) mass is 464 g/mol. The molecular formula is C19H21ClF4N4O3. The van der Waals surface area contributed by atoms with Crippen molar-refractivity contribution in [2.24, 2.45) is 5.73 Å². The van der Waals surface area contributed by atoms with Gasteiger partial charge in [-0.2, -0.15) is 18.4 Å². The maximum Gasteiger partial charge on any atom is 0.490 e. The predicted molar refractivity (Wildman–Crippen MR) is 108 cm³/mol. The first-order valence-corrected chi connectivity index (χ1v) is 8.98. The zero-order chi connectivity index (χ0) is 22.5. The van der Waals surface area contributed by atoms with Crippen LogP contribution in [0.1, 0.15) is 12.0 Å². The molecule has 2 atom stereocenters. The number of aliphatic carboxylic acids is 1. The van der Waals surface area contributed by atoms with Crippen molar-refractivity contribution in [3.05, 3.63) is 46.2 Å². The first kappa shape index (κ1) is 26.4. The first-order valence-electron chi connectivity index (χ1n) is 8.98. The number of halogens is 5. The van der Waals surface area contributed by atoms with E-state index in [1.54, 1.807) is 22.8 Å². The van der Waals surface area contributed by atoms with Gasteiger partial charge in [-0.15, -0.1) is 12.4 Å². The molecule has 0 saturated carbocycles. The average molecular weight is 465 g/mol. The van der Waals surface area contributed by atoms with Gasteiger partial charge in [0, 0.05) is 31.7 Å². The van der Waals surface area contributed by atoms with Crippen LogP contribution >= 0.6 is 12.4 Å². The molecule has 0 unspecified atom stereocenters. The molecule has 7 nitrogen and oxygen atoms in total. The molecule has 0 radical (unpaired) electrons. The molecule has 12 heteroatoms. The Morgan fingerprint density at radius 1 is 1.26 bits per heavy atom. The van der Waals surface area contributed by atoms with Crippen LogP contribution in [0.2, 0.25) is 0 Å². The summed E-state index contributed by atoms with van der Waals surface area (Å²) in [7, 11) is 0. The number of pyridine rings is 1. The van der Waals surface area contributed by atoms with Crippen molar-refractivity contribution in [2.45, 2.75) is 31.4 Å². The summed E-state index contributed by atoms with van der Waals surface area (Å²) in [6.07, 6.45) is -5.47. The minimum absolute atomic E-state index is 0. The molecule has 3 rings (SSSR count). The van der Waals surface area contributed by atoms with Gasteiger partial charge in [0.15, 0.2) is 0 Å². The molecule has 0 bridgehead atoms. The van der Waals surface area contributed by atoms with E-state index in [2.05, 4.69) is 6.07 Å². The third-order valence-electron chi connectivity index (χ3n) is 4.68. The van der Waals surface area contributed by atoms with Gasteiger partial charge in [-0.25, -0.2) is 9.18 Å². The maximum absolute atomic E-state index is 13.7. The fourth-order valence-electron chi connectivity index (χ4n) is 3.02. The smallest absolute Gasteiger partial charge is 0.475 e. The van der Waals surface area contributed by atoms with Gasteiger partial charge in [-0.1, -0.05) is 6.07 Å². The molecule has 1 aromatic carbocycles. The number of likely N-dealkylation sites (tertiary alicyclic amines) is 1. The van der Waals surface area contributed by atoms with Crippen LogP contribution in [0.15, 0.2) is 35.1 Å². The van der Waals surface area contributed by atoms with Crippen LogP contribution in [0.25, 0.3) is 10.9 Å². The highest BCUT2D eigenvalue weighted by atomic mass is 35.5. The van der Waals surface area contributed by atoms with E-state index in [1.165, 1.54) is 6.07 Å². The van der Waals surface area contributed by atoms with Crippen LogP contribution in [0.4, 0.5) is 17.6 Å². The third kappa shape index (κ3) is 7.20. The molecule has 1 aromatic heterocycles. The minimum Gasteiger partial charge on any atom is -0.475 e. The van der Waals surface area contributed by atoms with E-state index in [0.717, 1.165) is 17.4 Å². The summed E-state index contributed by atoms with van der Waals surface area (Å²) in [5.74, 6) is -2.76. The van der Waals surface area contributed by atoms with Crippen molar-refractivity contribution >= 4 is 29.3 Å². The highest BCUT2D eigenvalue weighted by Gasteiger charge is 2.38. The van der Waals surface area contributed by atoms with Gasteiger partial charge in [0.2, 0.25) is 0 Å². The highest BCUT2D eigenvalue weighted by Crippen LogP contribution is 2.16. The van der Waals surface area contributed by atoms with Gasteiger partial charge >= 0.3 is 12.1 Å². The molecule has 1 fully saturated rings. The number of nitrogens with two attached hydrogens (primary N) is 1. The number of alkyl halides is 4. The van der Waals surface area contributed by atoms with Crippen LogP contribution < -0.4 is 11.3 Å². The number of benzene rings is 1. The molecule has 1 aliphatic heterocycles. The zero-order valence-corrected chi connectivity index (χ0v) is 17.0. The number of aromatic nitrogens is 1. The van der Waals surface area contributed by atoms with E-state index in [4.69, 9.17) is 20.9 Å². The number of carboxylic acids is 1. The lowest BCUT2D eigenvalue weighted by Crippen LogP contribution is -2.49. The molecular weight excluding hydrogens is 444 g/mol. The van der Waals surface area contributed by atoms with E-state index in [1.807, 2.05) is 11.0 Å². The minimum atomic E-state index is -5.08. The first-order chi connectivity index (χ1) is 14.0. The summed E-state index contributed by atoms with van der Waals surface area (Å²) >= 11 is 0. The Kier molecular flexibility index (Phi) is 9.42. The van der Waals surface area contributed by atoms with Gasteiger partial charge in [-0.3, -0.25) is 9.69 Å². The molecule has 0 aliphatic carbocycles. The summed E-state index contributed by atoms with van der Waals surface area (Å²) in [6, 6.07) is 10.3. The van der Waals surface area contributed by atoms with Crippen LogP contribution in [0.5, 0.6) is 0 Å². The normalized spacial score (nSPS) is 19.0. The Hall–Kier alpha value is -2.68. The Morgan fingerprint density at radius 2 is 1.87 bits per heavy atom. The van der Waals surface area contributed by atoms with Crippen molar-refractivity contribution in [2.75, 3.05) is 19.6 Å². The molecule has 31 heavy (non-hydrogen) atoms. The van der Waals surface area contributed by atoms with Gasteiger partial charge < -0.3 is 15.4 Å². The number of rotatable bonds is 3. The largest absolute Gasteiger partial charge is 0.490 e. The topological polar surface area (TPSA) is 112 Å². The fourth-order valence-corrected chi connectivity index (χ4v) is 3.02. The predicted octanol–water partition coefficient (Wildman–Crippen LogP) is 2.30. The third-order valence-corrected chi connectivity index (χ3v) is 4.68. The summed E-state index contributed by atoms with van der Waals surface area (Å²) in [5.41, 5.74) is 6.83. The van der Waals surface area contributed by atoms with E-state index < -0.39 is 18.3 Å². The van der Waals surface area contributed by atoms with E-state index in [0.29, 0.717) is 31.6 Å². The molecule has 1 aliphatic rings. The highest BCUT2D eigenvalue weighted by molar-refractivity contribution is 5.85. The lowest BCUT2D eigenvalue weighted by Gasteiger charge is -2.32. The maximum atomic E-state index is 13.7. The Balaban J connectivity index is 0.000000523. The molecule has 0 spiro atoms. The molecule has 170 valence electrons. The molecule has 2 aromatic rings. The molecule has 2 heterocycles. The molecule has 3 N–H and O–H groups in total. The number of nitriles is 1. The summed E-state index contributed by atoms with van der Waals surface area (Å²) in [4.78, 5) is 23.1.